The summed E-state index contributed by atoms with van der Waals surface area (Å²) >= 11 is 0. The fourth-order valence-electron chi connectivity index (χ4n) is 2.25. The maximum Gasteiger partial charge on any atom is 0.145 e. The highest BCUT2D eigenvalue weighted by Crippen LogP contribution is 2.20. The van der Waals surface area contributed by atoms with Crippen molar-refractivity contribution in [2.24, 2.45) is 5.92 Å². The summed E-state index contributed by atoms with van der Waals surface area (Å²) in [4.78, 5) is 2.13. The van der Waals surface area contributed by atoms with Gasteiger partial charge in [-0.3, -0.25) is 4.90 Å². The Morgan fingerprint density at radius 2 is 2.00 bits per heavy atom. The molecule has 4 heteroatoms. The summed E-state index contributed by atoms with van der Waals surface area (Å²) in [5.41, 5.74) is 0.656. The molecular weight excluding hydrogens is 229 g/mol. The fourth-order valence-corrected chi connectivity index (χ4v) is 2.25. The van der Waals surface area contributed by atoms with Gasteiger partial charge < -0.3 is 0 Å². The molecule has 1 heterocycles. The van der Waals surface area contributed by atoms with E-state index in [0.717, 1.165) is 25.9 Å². The molecule has 0 atom stereocenters. The number of likely N-dealkylation sites (tertiary alicyclic amines) is 1. The first-order valence-corrected chi connectivity index (χ1v) is 6.04. The Labute approximate surface area is 106 Å². The first kappa shape index (κ1) is 12.5. The van der Waals surface area contributed by atoms with Crippen molar-refractivity contribution in [3.05, 3.63) is 35.1 Å². The van der Waals surface area contributed by atoms with Crippen LogP contribution in [0.2, 0.25) is 0 Å². The van der Waals surface area contributed by atoms with Gasteiger partial charge in [0.2, 0.25) is 0 Å². The lowest BCUT2D eigenvalue weighted by Gasteiger charge is -2.29. The van der Waals surface area contributed by atoms with Gasteiger partial charge in [-0.05, 0) is 32.0 Å². The maximum atomic E-state index is 13.9. The fraction of sp³-hybridized carbons (Fsp3) is 0.429. The van der Waals surface area contributed by atoms with E-state index < -0.39 is 5.82 Å². The van der Waals surface area contributed by atoms with Crippen LogP contribution in [0.3, 0.4) is 0 Å². The van der Waals surface area contributed by atoms with E-state index >= 15 is 0 Å². The standard InChI is InChI=1S/C14H14FN3/c15-14-12(9-17)2-1-3-13(14)10-18-6-4-11(8-16)5-7-18/h1-3,11H,4-7,10H2. The lowest BCUT2D eigenvalue weighted by Crippen LogP contribution is -2.33. The van der Waals surface area contributed by atoms with Gasteiger partial charge in [-0.25, -0.2) is 4.39 Å². The summed E-state index contributed by atoms with van der Waals surface area (Å²) in [6.45, 7) is 2.14. The lowest BCUT2D eigenvalue weighted by atomic mass is 9.98. The number of nitrogens with zero attached hydrogens (tertiary/aromatic N) is 3. The molecule has 0 unspecified atom stereocenters. The number of nitriles is 2. The van der Waals surface area contributed by atoms with Crippen LogP contribution < -0.4 is 0 Å². The number of rotatable bonds is 2. The van der Waals surface area contributed by atoms with E-state index in [0.29, 0.717) is 12.1 Å². The van der Waals surface area contributed by atoms with Crippen LogP contribution in [0.25, 0.3) is 0 Å². The highest BCUT2D eigenvalue weighted by atomic mass is 19.1. The zero-order valence-corrected chi connectivity index (χ0v) is 10.1. The molecule has 0 aromatic heterocycles. The van der Waals surface area contributed by atoms with Gasteiger partial charge in [0.25, 0.3) is 0 Å². The molecule has 0 spiro atoms. The third-order valence-corrected chi connectivity index (χ3v) is 3.36. The minimum atomic E-state index is -0.414. The number of hydrogen-bond acceptors (Lipinski definition) is 3. The van der Waals surface area contributed by atoms with Crippen LogP contribution in [-0.2, 0) is 6.54 Å². The summed E-state index contributed by atoms with van der Waals surface area (Å²) in [7, 11) is 0. The minimum absolute atomic E-state index is 0.0967. The Hall–Kier alpha value is -1.91. The van der Waals surface area contributed by atoms with Crippen molar-refractivity contribution in [1.29, 1.82) is 10.5 Å². The number of halogens is 1. The molecule has 0 saturated carbocycles. The van der Waals surface area contributed by atoms with Gasteiger partial charge in [0.15, 0.2) is 0 Å². The van der Waals surface area contributed by atoms with Crippen LogP contribution in [0, 0.1) is 34.4 Å². The quantitative estimate of drug-likeness (QED) is 0.801. The van der Waals surface area contributed by atoms with Gasteiger partial charge >= 0.3 is 0 Å². The van der Waals surface area contributed by atoms with Crippen molar-refractivity contribution in [3.63, 3.8) is 0 Å². The predicted octanol–water partition coefficient (Wildman–Crippen LogP) is 2.43. The summed E-state index contributed by atoms with van der Waals surface area (Å²) < 4.78 is 13.9. The Morgan fingerprint density at radius 3 is 2.61 bits per heavy atom. The third-order valence-electron chi connectivity index (χ3n) is 3.36. The molecule has 3 nitrogen and oxygen atoms in total. The predicted molar refractivity (Wildman–Crippen MR) is 64.7 cm³/mol. The summed E-state index contributed by atoms with van der Waals surface area (Å²) in [6, 6.07) is 9.04. The lowest BCUT2D eigenvalue weighted by molar-refractivity contribution is 0.196. The van der Waals surface area contributed by atoms with Gasteiger partial charge in [0, 0.05) is 18.0 Å². The zero-order valence-electron chi connectivity index (χ0n) is 10.1. The second kappa shape index (κ2) is 5.62. The van der Waals surface area contributed by atoms with E-state index in [4.69, 9.17) is 10.5 Å². The van der Waals surface area contributed by atoms with Crippen LogP contribution in [0.1, 0.15) is 24.0 Å². The third kappa shape index (κ3) is 2.67. The molecule has 92 valence electrons. The molecule has 0 N–H and O–H groups in total. The van der Waals surface area contributed by atoms with Crippen molar-refractivity contribution in [3.8, 4) is 12.1 Å². The molecule has 0 bridgehead atoms. The molecule has 1 aromatic carbocycles. The molecule has 18 heavy (non-hydrogen) atoms. The largest absolute Gasteiger partial charge is 0.299 e. The highest BCUT2D eigenvalue weighted by molar-refractivity contribution is 5.34. The van der Waals surface area contributed by atoms with Crippen LogP contribution in [0.4, 0.5) is 4.39 Å². The summed E-state index contributed by atoms with van der Waals surface area (Å²) in [5, 5.41) is 17.6. The van der Waals surface area contributed by atoms with Gasteiger partial charge in [-0.2, -0.15) is 10.5 Å². The molecule has 1 saturated heterocycles. The van der Waals surface area contributed by atoms with E-state index in [1.807, 2.05) is 6.07 Å². The van der Waals surface area contributed by atoms with Crippen LogP contribution in [0.15, 0.2) is 18.2 Å². The minimum Gasteiger partial charge on any atom is -0.299 e. The molecule has 1 aliphatic rings. The van der Waals surface area contributed by atoms with Crippen molar-refractivity contribution in [1.82, 2.24) is 4.90 Å². The zero-order chi connectivity index (χ0) is 13.0. The van der Waals surface area contributed by atoms with E-state index in [2.05, 4.69) is 11.0 Å². The molecule has 0 amide bonds. The van der Waals surface area contributed by atoms with E-state index in [1.165, 1.54) is 6.07 Å². The van der Waals surface area contributed by atoms with Crippen molar-refractivity contribution in [2.45, 2.75) is 19.4 Å². The molecule has 0 radical (unpaired) electrons. The average Bonchev–Trinajstić information content (AvgIpc) is 2.42. The SMILES string of the molecule is N#Cc1cccc(CN2CCC(C#N)CC2)c1F. The van der Waals surface area contributed by atoms with Gasteiger partial charge in [0.1, 0.15) is 11.9 Å². The van der Waals surface area contributed by atoms with Crippen molar-refractivity contribution in [2.75, 3.05) is 13.1 Å². The van der Waals surface area contributed by atoms with Crippen molar-refractivity contribution >= 4 is 0 Å². The van der Waals surface area contributed by atoms with Gasteiger partial charge in [-0.15, -0.1) is 0 Å². The van der Waals surface area contributed by atoms with Crippen molar-refractivity contribution < 1.29 is 4.39 Å². The molecular formula is C14H14FN3. The molecule has 0 aliphatic carbocycles. The summed E-state index contributed by atoms with van der Waals surface area (Å²) in [6.07, 6.45) is 1.69. The van der Waals surface area contributed by atoms with Gasteiger partial charge in [0.05, 0.1) is 11.6 Å². The normalized spacial score (nSPS) is 17.1. The molecule has 1 fully saturated rings. The first-order chi connectivity index (χ1) is 8.74. The van der Waals surface area contributed by atoms with Gasteiger partial charge in [-0.1, -0.05) is 12.1 Å². The molecule has 1 aliphatic heterocycles. The van der Waals surface area contributed by atoms with E-state index in [9.17, 15) is 4.39 Å². The Kier molecular flexibility index (Phi) is 3.92. The molecule has 1 aromatic rings. The second-order valence-electron chi connectivity index (χ2n) is 4.57. The highest BCUT2D eigenvalue weighted by Gasteiger charge is 2.20. The molecule has 2 rings (SSSR count). The second-order valence-corrected chi connectivity index (χ2v) is 4.57. The smallest absolute Gasteiger partial charge is 0.145 e. The van der Waals surface area contributed by atoms with Crippen LogP contribution >= 0.6 is 0 Å². The number of piperidine rings is 1. The Morgan fingerprint density at radius 1 is 1.28 bits per heavy atom. The Bertz CT molecular complexity index is 505. The number of benzene rings is 1. The topological polar surface area (TPSA) is 50.8 Å². The van der Waals surface area contributed by atoms with Crippen LogP contribution in [0.5, 0.6) is 0 Å². The van der Waals surface area contributed by atoms with E-state index in [-0.39, 0.29) is 11.5 Å². The summed E-state index contributed by atoms with van der Waals surface area (Å²) in [5.74, 6) is -0.279. The number of hydrogen-bond donors (Lipinski definition) is 0. The van der Waals surface area contributed by atoms with Crippen LogP contribution in [-0.4, -0.2) is 18.0 Å². The average molecular weight is 243 g/mol. The monoisotopic (exact) mass is 243 g/mol. The first-order valence-electron chi connectivity index (χ1n) is 6.04. The Balaban J connectivity index is 2.03. The van der Waals surface area contributed by atoms with E-state index in [1.54, 1.807) is 12.1 Å². The maximum absolute atomic E-state index is 13.9.